The van der Waals surface area contributed by atoms with Gasteiger partial charge in [0.15, 0.2) is 0 Å². The molecule has 3 heteroatoms. The van der Waals surface area contributed by atoms with E-state index >= 15 is 0 Å². The first-order valence-electron chi connectivity index (χ1n) is 8.89. The van der Waals surface area contributed by atoms with Crippen LogP contribution in [0.4, 0.5) is 0 Å². The van der Waals surface area contributed by atoms with E-state index in [0.29, 0.717) is 6.54 Å². The number of piperidine rings is 1. The van der Waals surface area contributed by atoms with Gasteiger partial charge in [-0.1, -0.05) is 43.5 Å². The van der Waals surface area contributed by atoms with Crippen LogP contribution in [-0.4, -0.2) is 23.9 Å². The molecule has 120 valence electrons. The third-order valence-corrected chi connectivity index (χ3v) is 5.07. The molecule has 1 saturated heterocycles. The molecule has 3 rings (SSSR count). The van der Waals surface area contributed by atoms with Crippen LogP contribution in [0.25, 0.3) is 0 Å². The molecule has 1 aromatic rings. The first kappa shape index (κ1) is 15.5. The number of carbonyl (C=O) groups excluding carboxylic acids is 1. The lowest BCUT2D eigenvalue weighted by Gasteiger charge is -2.26. The summed E-state index contributed by atoms with van der Waals surface area (Å²) in [7, 11) is 0. The minimum absolute atomic E-state index is 0.245. The third-order valence-electron chi connectivity index (χ3n) is 5.07. The molecule has 0 spiro atoms. The molecule has 2 aliphatic rings. The van der Waals surface area contributed by atoms with Gasteiger partial charge < -0.3 is 5.32 Å². The normalized spacial score (nSPS) is 20.2. The van der Waals surface area contributed by atoms with Crippen LogP contribution >= 0.6 is 0 Å². The SMILES string of the molecule is O=C(NCc1ccc(CN2CCCCC2)cc1)C1CCCC1. The van der Waals surface area contributed by atoms with Crippen molar-refractivity contribution in [2.45, 2.75) is 58.0 Å². The summed E-state index contributed by atoms with van der Waals surface area (Å²) in [4.78, 5) is 14.6. The molecule has 22 heavy (non-hydrogen) atoms. The van der Waals surface area contributed by atoms with E-state index in [1.807, 2.05) is 0 Å². The molecule has 0 radical (unpaired) electrons. The van der Waals surface area contributed by atoms with Gasteiger partial charge in [-0.2, -0.15) is 0 Å². The number of likely N-dealkylation sites (tertiary alicyclic amines) is 1. The second kappa shape index (κ2) is 7.77. The number of hydrogen-bond acceptors (Lipinski definition) is 2. The maximum absolute atomic E-state index is 12.0. The summed E-state index contributed by atoms with van der Waals surface area (Å²) in [6, 6.07) is 8.75. The van der Waals surface area contributed by atoms with E-state index in [-0.39, 0.29) is 11.8 Å². The predicted molar refractivity (Wildman–Crippen MR) is 89.4 cm³/mol. The number of amides is 1. The van der Waals surface area contributed by atoms with Gasteiger partial charge >= 0.3 is 0 Å². The molecule has 0 aromatic heterocycles. The highest BCUT2D eigenvalue weighted by Crippen LogP contribution is 2.24. The highest BCUT2D eigenvalue weighted by atomic mass is 16.1. The number of nitrogens with one attached hydrogen (secondary N) is 1. The van der Waals surface area contributed by atoms with Crippen LogP contribution < -0.4 is 5.32 Å². The molecule has 1 aliphatic heterocycles. The molecular formula is C19H28N2O. The van der Waals surface area contributed by atoms with Crippen molar-refractivity contribution < 1.29 is 4.79 Å². The fourth-order valence-electron chi connectivity index (χ4n) is 3.66. The highest BCUT2D eigenvalue weighted by Gasteiger charge is 2.22. The first-order chi connectivity index (χ1) is 10.8. The molecule has 0 bridgehead atoms. The Morgan fingerprint density at radius 2 is 1.59 bits per heavy atom. The van der Waals surface area contributed by atoms with Gasteiger partial charge in [-0.3, -0.25) is 9.69 Å². The maximum atomic E-state index is 12.0. The Morgan fingerprint density at radius 3 is 2.27 bits per heavy atom. The summed E-state index contributed by atoms with van der Waals surface area (Å²) in [6.45, 7) is 4.20. The second-order valence-electron chi connectivity index (χ2n) is 6.85. The van der Waals surface area contributed by atoms with E-state index in [0.717, 1.165) is 19.4 Å². The Hall–Kier alpha value is -1.35. The molecule has 1 saturated carbocycles. The fraction of sp³-hybridized carbons (Fsp3) is 0.632. The van der Waals surface area contributed by atoms with Crippen molar-refractivity contribution in [1.29, 1.82) is 0 Å². The molecule has 1 aliphatic carbocycles. The Labute approximate surface area is 134 Å². The summed E-state index contributed by atoms with van der Waals surface area (Å²) in [5.74, 6) is 0.508. The monoisotopic (exact) mass is 300 g/mol. The quantitative estimate of drug-likeness (QED) is 0.903. The van der Waals surface area contributed by atoms with E-state index in [2.05, 4.69) is 34.5 Å². The van der Waals surface area contributed by atoms with Gasteiger partial charge in [0.1, 0.15) is 0 Å². The van der Waals surface area contributed by atoms with Gasteiger partial charge in [-0.25, -0.2) is 0 Å². The first-order valence-corrected chi connectivity index (χ1v) is 8.89. The molecule has 2 fully saturated rings. The minimum Gasteiger partial charge on any atom is -0.352 e. The van der Waals surface area contributed by atoms with Gasteiger partial charge in [0.2, 0.25) is 5.91 Å². The second-order valence-corrected chi connectivity index (χ2v) is 6.85. The van der Waals surface area contributed by atoms with Crippen LogP contribution in [0.1, 0.15) is 56.1 Å². The largest absolute Gasteiger partial charge is 0.352 e. The van der Waals surface area contributed by atoms with Crippen LogP contribution in [0.2, 0.25) is 0 Å². The standard InChI is InChI=1S/C19H28N2O/c22-19(18-6-2-3-7-18)20-14-16-8-10-17(11-9-16)15-21-12-4-1-5-13-21/h8-11,18H,1-7,12-15H2,(H,20,22). The summed E-state index contributed by atoms with van der Waals surface area (Å²) in [5, 5.41) is 3.09. The van der Waals surface area contributed by atoms with Crippen molar-refractivity contribution in [3.05, 3.63) is 35.4 Å². The Balaban J connectivity index is 1.45. The Kier molecular flexibility index (Phi) is 5.49. The zero-order valence-corrected chi connectivity index (χ0v) is 13.5. The average Bonchev–Trinajstić information content (AvgIpc) is 3.09. The van der Waals surface area contributed by atoms with E-state index < -0.39 is 0 Å². The number of nitrogens with zero attached hydrogens (tertiary/aromatic N) is 1. The zero-order valence-electron chi connectivity index (χ0n) is 13.5. The highest BCUT2D eigenvalue weighted by molar-refractivity contribution is 5.78. The van der Waals surface area contributed by atoms with Gasteiger partial charge in [0, 0.05) is 19.0 Å². The average molecular weight is 300 g/mol. The van der Waals surface area contributed by atoms with E-state index in [4.69, 9.17) is 0 Å². The summed E-state index contributed by atoms with van der Waals surface area (Å²) < 4.78 is 0. The van der Waals surface area contributed by atoms with E-state index in [1.165, 1.54) is 56.3 Å². The minimum atomic E-state index is 0.245. The van der Waals surface area contributed by atoms with Crippen molar-refractivity contribution in [2.75, 3.05) is 13.1 Å². The summed E-state index contributed by atoms with van der Waals surface area (Å²) >= 11 is 0. The molecule has 1 amide bonds. The van der Waals surface area contributed by atoms with Crippen molar-refractivity contribution in [1.82, 2.24) is 10.2 Å². The van der Waals surface area contributed by atoms with Crippen LogP contribution in [0.3, 0.4) is 0 Å². The lowest BCUT2D eigenvalue weighted by atomic mass is 10.1. The molecule has 1 N–H and O–H groups in total. The van der Waals surface area contributed by atoms with Crippen molar-refractivity contribution >= 4 is 5.91 Å². The van der Waals surface area contributed by atoms with Gasteiger partial charge in [0.25, 0.3) is 0 Å². The molecule has 3 nitrogen and oxygen atoms in total. The third kappa shape index (κ3) is 4.33. The Morgan fingerprint density at radius 1 is 0.955 bits per heavy atom. The van der Waals surface area contributed by atoms with Crippen LogP contribution in [0.5, 0.6) is 0 Å². The lowest BCUT2D eigenvalue weighted by Crippen LogP contribution is -2.29. The van der Waals surface area contributed by atoms with Crippen LogP contribution in [0, 0.1) is 5.92 Å². The van der Waals surface area contributed by atoms with E-state index in [9.17, 15) is 4.79 Å². The van der Waals surface area contributed by atoms with Gasteiger partial charge in [-0.15, -0.1) is 0 Å². The van der Waals surface area contributed by atoms with E-state index in [1.54, 1.807) is 0 Å². The molecule has 1 aromatic carbocycles. The lowest BCUT2D eigenvalue weighted by molar-refractivity contribution is -0.124. The number of rotatable bonds is 5. The van der Waals surface area contributed by atoms with Gasteiger partial charge in [0.05, 0.1) is 0 Å². The predicted octanol–water partition coefficient (Wildman–Crippen LogP) is 3.48. The smallest absolute Gasteiger partial charge is 0.223 e. The summed E-state index contributed by atoms with van der Waals surface area (Å²) in [6.07, 6.45) is 8.63. The van der Waals surface area contributed by atoms with Crippen molar-refractivity contribution in [3.8, 4) is 0 Å². The molecule has 0 unspecified atom stereocenters. The van der Waals surface area contributed by atoms with Crippen molar-refractivity contribution in [3.63, 3.8) is 0 Å². The zero-order chi connectivity index (χ0) is 15.2. The Bertz CT molecular complexity index is 471. The molecular weight excluding hydrogens is 272 g/mol. The topological polar surface area (TPSA) is 32.3 Å². The number of carbonyl (C=O) groups is 1. The fourth-order valence-corrected chi connectivity index (χ4v) is 3.66. The summed E-state index contributed by atoms with van der Waals surface area (Å²) in [5.41, 5.74) is 2.58. The number of hydrogen-bond donors (Lipinski definition) is 1. The van der Waals surface area contributed by atoms with Crippen LogP contribution in [0.15, 0.2) is 24.3 Å². The van der Waals surface area contributed by atoms with Crippen molar-refractivity contribution in [2.24, 2.45) is 5.92 Å². The molecule has 1 heterocycles. The maximum Gasteiger partial charge on any atom is 0.223 e. The number of benzene rings is 1. The molecule has 0 atom stereocenters. The van der Waals surface area contributed by atoms with Crippen LogP contribution in [-0.2, 0) is 17.9 Å². The van der Waals surface area contributed by atoms with Gasteiger partial charge in [-0.05, 0) is 49.9 Å².